The highest BCUT2D eigenvalue weighted by Crippen LogP contribution is 2.30. The lowest BCUT2D eigenvalue weighted by atomic mass is 10.0. The first-order valence-electron chi connectivity index (χ1n) is 6.68. The number of thioether (sulfide) groups is 1. The third-order valence-electron chi connectivity index (χ3n) is 3.11. The highest BCUT2D eigenvalue weighted by atomic mass is 32.2. The molecule has 1 aliphatic carbocycles. The van der Waals surface area contributed by atoms with E-state index in [2.05, 4.69) is 24.0 Å². The van der Waals surface area contributed by atoms with Crippen LogP contribution in [-0.4, -0.2) is 37.3 Å². The van der Waals surface area contributed by atoms with Gasteiger partial charge in [0.25, 0.3) is 0 Å². The van der Waals surface area contributed by atoms with Crippen molar-refractivity contribution in [3.8, 4) is 0 Å². The first-order valence-corrected chi connectivity index (χ1v) is 7.62. The molecule has 96 valence electrons. The molecule has 1 aliphatic rings. The Morgan fingerprint density at radius 3 is 2.75 bits per heavy atom. The number of hydrogen-bond acceptors (Lipinski definition) is 3. The van der Waals surface area contributed by atoms with E-state index in [1.165, 1.54) is 32.1 Å². The Hall–Kier alpha value is 0.270. The van der Waals surface area contributed by atoms with E-state index in [1.54, 1.807) is 7.11 Å². The van der Waals surface area contributed by atoms with Crippen LogP contribution in [0.4, 0.5) is 0 Å². The van der Waals surface area contributed by atoms with Gasteiger partial charge in [-0.1, -0.05) is 26.2 Å². The zero-order valence-electron chi connectivity index (χ0n) is 10.8. The Kier molecular flexibility index (Phi) is 8.34. The van der Waals surface area contributed by atoms with E-state index in [1.807, 2.05) is 0 Å². The zero-order chi connectivity index (χ0) is 11.6. The summed E-state index contributed by atoms with van der Waals surface area (Å²) in [5.74, 6) is 0. The molecule has 1 saturated carbocycles. The largest absolute Gasteiger partial charge is 0.385 e. The summed E-state index contributed by atoms with van der Waals surface area (Å²) in [4.78, 5) is 0. The second-order valence-corrected chi connectivity index (χ2v) is 6.50. The van der Waals surface area contributed by atoms with Crippen molar-refractivity contribution in [3.05, 3.63) is 0 Å². The van der Waals surface area contributed by atoms with E-state index in [0.29, 0.717) is 0 Å². The fourth-order valence-corrected chi connectivity index (χ4v) is 3.70. The standard InChI is InChI=1S/C13H27NOS/c1-12(11-14-9-6-10-15-2)16-13-7-4-3-5-8-13/h12-14H,3-11H2,1-2H3. The average molecular weight is 245 g/mol. The van der Waals surface area contributed by atoms with Crippen molar-refractivity contribution in [3.63, 3.8) is 0 Å². The lowest BCUT2D eigenvalue weighted by molar-refractivity contribution is 0.194. The molecule has 1 unspecified atom stereocenters. The van der Waals surface area contributed by atoms with E-state index in [4.69, 9.17) is 4.74 Å². The smallest absolute Gasteiger partial charge is 0.0474 e. The van der Waals surface area contributed by atoms with E-state index in [0.717, 1.165) is 36.6 Å². The summed E-state index contributed by atoms with van der Waals surface area (Å²) in [5.41, 5.74) is 0. The van der Waals surface area contributed by atoms with Crippen molar-refractivity contribution in [2.45, 2.75) is 55.9 Å². The summed E-state index contributed by atoms with van der Waals surface area (Å²) in [6.07, 6.45) is 8.37. The van der Waals surface area contributed by atoms with Gasteiger partial charge in [-0.25, -0.2) is 0 Å². The van der Waals surface area contributed by atoms with Crippen LogP contribution in [0.15, 0.2) is 0 Å². The molecule has 0 heterocycles. The molecule has 0 spiro atoms. The minimum atomic E-state index is 0.755. The normalized spacial score (nSPS) is 19.9. The molecule has 0 amide bonds. The second-order valence-electron chi connectivity index (χ2n) is 4.76. The maximum absolute atomic E-state index is 5.03. The summed E-state index contributed by atoms with van der Waals surface area (Å²) in [5, 5.41) is 5.20. The molecule has 16 heavy (non-hydrogen) atoms. The molecular formula is C13H27NOS. The van der Waals surface area contributed by atoms with E-state index in [-0.39, 0.29) is 0 Å². The predicted octanol–water partition coefficient (Wildman–Crippen LogP) is 3.07. The van der Waals surface area contributed by atoms with Crippen molar-refractivity contribution >= 4 is 11.8 Å². The number of rotatable bonds is 8. The van der Waals surface area contributed by atoms with Crippen LogP contribution in [0.3, 0.4) is 0 Å². The Labute approximate surface area is 105 Å². The van der Waals surface area contributed by atoms with Crippen LogP contribution in [-0.2, 0) is 4.74 Å². The number of hydrogen-bond donors (Lipinski definition) is 1. The van der Waals surface area contributed by atoms with Crippen molar-refractivity contribution < 1.29 is 4.74 Å². The van der Waals surface area contributed by atoms with Gasteiger partial charge in [-0.05, 0) is 25.8 Å². The van der Waals surface area contributed by atoms with Crippen molar-refractivity contribution in [2.24, 2.45) is 0 Å². The third-order valence-corrected chi connectivity index (χ3v) is 4.60. The lowest BCUT2D eigenvalue weighted by Gasteiger charge is -2.24. The zero-order valence-corrected chi connectivity index (χ0v) is 11.7. The predicted molar refractivity (Wildman–Crippen MR) is 73.3 cm³/mol. The maximum atomic E-state index is 5.03. The lowest BCUT2D eigenvalue weighted by Crippen LogP contribution is -2.26. The topological polar surface area (TPSA) is 21.3 Å². The van der Waals surface area contributed by atoms with Crippen molar-refractivity contribution in [2.75, 3.05) is 26.8 Å². The Bertz CT molecular complexity index is 160. The molecular weight excluding hydrogens is 218 g/mol. The highest BCUT2D eigenvalue weighted by molar-refractivity contribution is 8.00. The highest BCUT2D eigenvalue weighted by Gasteiger charge is 2.16. The van der Waals surface area contributed by atoms with Gasteiger partial charge >= 0.3 is 0 Å². The molecule has 1 N–H and O–H groups in total. The van der Waals surface area contributed by atoms with Crippen molar-refractivity contribution in [1.29, 1.82) is 0 Å². The van der Waals surface area contributed by atoms with Gasteiger partial charge in [-0.2, -0.15) is 11.8 Å². The molecule has 0 radical (unpaired) electrons. The summed E-state index contributed by atoms with van der Waals surface area (Å²) < 4.78 is 5.03. The minimum Gasteiger partial charge on any atom is -0.385 e. The number of methoxy groups -OCH3 is 1. The Morgan fingerprint density at radius 1 is 1.31 bits per heavy atom. The molecule has 0 bridgehead atoms. The van der Waals surface area contributed by atoms with Gasteiger partial charge in [0.2, 0.25) is 0 Å². The van der Waals surface area contributed by atoms with E-state index in [9.17, 15) is 0 Å². The molecule has 0 aliphatic heterocycles. The van der Waals surface area contributed by atoms with Gasteiger partial charge in [0.05, 0.1) is 0 Å². The van der Waals surface area contributed by atoms with Crippen LogP contribution in [0.2, 0.25) is 0 Å². The van der Waals surface area contributed by atoms with Gasteiger partial charge in [-0.3, -0.25) is 0 Å². The average Bonchev–Trinajstić information content (AvgIpc) is 2.30. The van der Waals surface area contributed by atoms with Crippen LogP contribution in [0.1, 0.15) is 45.4 Å². The fourth-order valence-electron chi connectivity index (χ4n) is 2.22. The maximum Gasteiger partial charge on any atom is 0.0474 e. The van der Waals surface area contributed by atoms with Crippen LogP contribution < -0.4 is 5.32 Å². The van der Waals surface area contributed by atoms with Gasteiger partial charge < -0.3 is 10.1 Å². The summed E-state index contributed by atoms with van der Waals surface area (Å²) in [7, 11) is 1.77. The minimum absolute atomic E-state index is 0.755. The van der Waals surface area contributed by atoms with Crippen molar-refractivity contribution in [1.82, 2.24) is 5.32 Å². The Morgan fingerprint density at radius 2 is 2.06 bits per heavy atom. The number of nitrogens with one attached hydrogen (secondary N) is 1. The molecule has 1 atom stereocenters. The third kappa shape index (κ3) is 6.77. The molecule has 0 aromatic carbocycles. The van der Waals surface area contributed by atoms with Crippen LogP contribution in [0.25, 0.3) is 0 Å². The molecule has 1 fully saturated rings. The monoisotopic (exact) mass is 245 g/mol. The summed E-state index contributed by atoms with van der Waals surface area (Å²) >= 11 is 2.19. The first kappa shape index (κ1) is 14.3. The second kappa shape index (κ2) is 9.32. The fraction of sp³-hybridized carbons (Fsp3) is 1.00. The Balaban J connectivity index is 1.95. The SMILES string of the molecule is COCCCNCC(C)SC1CCCCC1. The van der Waals surface area contributed by atoms with E-state index >= 15 is 0 Å². The molecule has 0 aromatic heterocycles. The molecule has 0 saturated heterocycles. The van der Waals surface area contributed by atoms with Crippen LogP contribution in [0, 0.1) is 0 Å². The molecule has 0 aromatic rings. The summed E-state index contributed by atoms with van der Waals surface area (Å²) in [6.45, 7) is 5.45. The van der Waals surface area contributed by atoms with Gasteiger partial charge in [-0.15, -0.1) is 0 Å². The molecule has 1 rings (SSSR count). The van der Waals surface area contributed by atoms with Gasteiger partial charge in [0.1, 0.15) is 0 Å². The van der Waals surface area contributed by atoms with Gasteiger partial charge in [0, 0.05) is 30.8 Å². The quantitative estimate of drug-likeness (QED) is 0.664. The summed E-state index contributed by atoms with van der Waals surface area (Å²) in [6, 6.07) is 0. The molecule has 3 heteroatoms. The first-order chi connectivity index (χ1) is 7.83. The van der Waals surface area contributed by atoms with Gasteiger partial charge in [0.15, 0.2) is 0 Å². The number of ether oxygens (including phenoxy) is 1. The van der Waals surface area contributed by atoms with E-state index < -0.39 is 0 Å². The van der Waals surface area contributed by atoms with Crippen LogP contribution >= 0.6 is 11.8 Å². The molecule has 2 nitrogen and oxygen atoms in total. The van der Waals surface area contributed by atoms with Crippen LogP contribution in [0.5, 0.6) is 0 Å².